The number of alkyl halides is 1. The van der Waals surface area contributed by atoms with Gasteiger partial charge in [0, 0.05) is 19.6 Å². The van der Waals surface area contributed by atoms with Crippen LogP contribution in [0.2, 0.25) is 0 Å². The molecule has 1 fully saturated rings. The molecule has 2 N–H and O–H groups in total. The molecule has 0 amide bonds. The van der Waals surface area contributed by atoms with E-state index in [2.05, 4.69) is 9.80 Å². The van der Waals surface area contributed by atoms with Crippen LogP contribution in [-0.4, -0.2) is 62.3 Å². The van der Waals surface area contributed by atoms with Gasteiger partial charge in [-0.2, -0.15) is 0 Å². The van der Waals surface area contributed by atoms with Crippen LogP contribution in [0.25, 0.3) is 0 Å². The molecule has 0 aliphatic carbocycles. The summed E-state index contributed by atoms with van der Waals surface area (Å²) in [5.41, 5.74) is 5.47. The topological polar surface area (TPSA) is 32.5 Å². The summed E-state index contributed by atoms with van der Waals surface area (Å²) in [4.78, 5) is 4.74. The highest BCUT2D eigenvalue weighted by molar-refractivity contribution is 4.69. The smallest absolute Gasteiger partial charge is 0.102 e. The summed E-state index contributed by atoms with van der Waals surface area (Å²) in [5, 5.41) is 0. The fraction of sp³-hybridized carbons (Fsp3) is 1.00. The van der Waals surface area contributed by atoms with Crippen LogP contribution in [0, 0.1) is 0 Å². The second-order valence-corrected chi connectivity index (χ2v) is 4.58. The molecule has 0 radical (unpaired) electrons. The molecule has 0 saturated carbocycles. The van der Waals surface area contributed by atoms with E-state index in [1.54, 1.807) is 0 Å². The molecule has 1 aliphatic rings. The van der Waals surface area contributed by atoms with E-state index < -0.39 is 0 Å². The molecule has 1 rings (SSSR count). The van der Waals surface area contributed by atoms with Gasteiger partial charge in [0.15, 0.2) is 0 Å². The third-order valence-corrected chi connectivity index (χ3v) is 3.26. The Morgan fingerprint density at radius 1 is 0.875 bits per heavy atom. The van der Waals surface area contributed by atoms with Crippen molar-refractivity contribution in [3.05, 3.63) is 0 Å². The van der Waals surface area contributed by atoms with Gasteiger partial charge in [0.1, 0.15) is 6.67 Å². The first-order chi connectivity index (χ1) is 7.86. The van der Waals surface area contributed by atoms with Crippen molar-refractivity contribution in [2.45, 2.75) is 25.7 Å². The van der Waals surface area contributed by atoms with Gasteiger partial charge in [-0.15, -0.1) is 0 Å². The molecule has 1 saturated heterocycles. The maximum Gasteiger partial charge on any atom is 0.102 e. The van der Waals surface area contributed by atoms with Crippen molar-refractivity contribution >= 4 is 0 Å². The minimum absolute atomic E-state index is 0.212. The zero-order chi connectivity index (χ0) is 11.6. The predicted octanol–water partition coefficient (Wildman–Crippen LogP) is 1.09. The quantitative estimate of drug-likeness (QED) is 0.666. The SMILES string of the molecule is NCCCCCN1CCCN(CCF)CC1. The van der Waals surface area contributed by atoms with Crippen molar-refractivity contribution < 1.29 is 4.39 Å². The summed E-state index contributed by atoms with van der Waals surface area (Å²) in [7, 11) is 0. The van der Waals surface area contributed by atoms with Crippen molar-refractivity contribution in [1.82, 2.24) is 9.80 Å². The summed E-state index contributed by atoms with van der Waals surface area (Å²) >= 11 is 0. The fourth-order valence-electron chi connectivity index (χ4n) is 2.25. The van der Waals surface area contributed by atoms with E-state index in [9.17, 15) is 4.39 Å². The van der Waals surface area contributed by atoms with Crippen molar-refractivity contribution in [2.24, 2.45) is 5.73 Å². The normalized spacial score (nSPS) is 19.9. The molecule has 1 heterocycles. The van der Waals surface area contributed by atoms with Crippen LogP contribution in [0.3, 0.4) is 0 Å². The van der Waals surface area contributed by atoms with E-state index in [0.717, 1.165) is 32.6 Å². The van der Waals surface area contributed by atoms with Gasteiger partial charge in [-0.05, 0) is 45.4 Å². The molecule has 0 spiro atoms. The molecule has 0 atom stereocenters. The fourth-order valence-corrected chi connectivity index (χ4v) is 2.25. The molecular formula is C12H26FN3. The van der Waals surface area contributed by atoms with Gasteiger partial charge >= 0.3 is 0 Å². The Kier molecular flexibility index (Phi) is 7.72. The summed E-state index contributed by atoms with van der Waals surface area (Å²) in [6.45, 7) is 6.75. The Labute approximate surface area is 98.8 Å². The number of nitrogens with zero attached hydrogens (tertiary/aromatic N) is 2. The lowest BCUT2D eigenvalue weighted by Gasteiger charge is -2.20. The number of nitrogens with two attached hydrogens (primary N) is 1. The van der Waals surface area contributed by atoms with Crippen molar-refractivity contribution in [3.63, 3.8) is 0 Å². The minimum Gasteiger partial charge on any atom is -0.330 e. The van der Waals surface area contributed by atoms with E-state index in [1.807, 2.05) is 0 Å². The van der Waals surface area contributed by atoms with Crippen LogP contribution in [0.4, 0.5) is 4.39 Å². The highest BCUT2D eigenvalue weighted by atomic mass is 19.1. The predicted molar refractivity (Wildman–Crippen MR) is 66.4 cm³/mol. The van der Waals surface area contributed by atoms with Gasteiger partial charge in [0.25, 0.3) is 0 Å². The second kappa shape index (κ2) is 8.90. The lowest BCUT2D eigenvalue weighted by atomic mass is 10.2. The second-order valence-electron chi connectivity index (χ2n) is 4.58. The van der Waals surface area contributed by atoms with Crippen molar-refractivity contribution in [2.75, 3.05) is 52.5 Å². The van der Waals surface area contributed by atoms with Crippen LogP contribution in [0.5, 0.6) is 0 Å². The molecular weight excluding hydrogens is 205 g/mol. The minimum atomic E-state index is -0.212. The molecule has 0 aromatic heterocycles. The largest absolute Gasteiger partial charge is 0.330 e. The number of halogens is 1. The molecule has 1 aliphatic heterocycles. The van der Waals surface area contributed by atoms with Gasteiger partial charge < -0.3 is 10.6 Å². The third-order valence-electron chi connectivity index (χ3n) is 3.26. The Hall–Kier alpha value is -0.190. The van der Waals surface area contributed by atoms with E-state index >= 15 is 0 Å². The van der Waals surface area contributed by atoms with Gasteiger partial charge in [-0.1, -0.05) is 6.42 Å². The molecule has 0 unspecified atom stereocenters. The lowest BCUT2D eigenvalue weighted by molar-refractivity contribution is 0.239. The van der Waals surface area contributed by atoms with Crippen molar-refractivity contribution in [3.8, 4) is 0 Å². The highest BCUT2D eigenvalue weighted by Crippen LogP contribution is 2.05. The summed E-state index contributed by atoms with van der Waals surface area (Å²) in [5.74, 6) is 0. The summed E-state index contributed by atoms with van der Waals surface area (Å²) in [6.07, 6.45) is 4.81. The molecule has 16 heavy (non-hydrogen) atoms. The zero-order valence-corrected chi connectivity index (χ0v) is 10.3. The Balaban J connectivity index is 2.10. The van der Waals surface area contributed by atoms with Crippen LogP contribution in [0.1, 0.15) is 25.7 Å². The van der Waals surface area contributed by atoms with E-state index in [1.165, 1.54) is 32.4 Å². The van der Waals surface area contributed by atoms with E-state index in [0.29, 0.717) is 6.54 Å². The number of rotatable bonds is 7. The summed E-state index contributed by atoms with van der Waals surface area (Å²) in [6, 6.07) is 0. The molecule has 0 aromatic carbocycles. The maximum atomic E-state index is 12.2. The molecule has 3 nitrogen and oxygen atoms in total. The first kappa shape index (κ1) is 13.9. The third kappa shape index (κ3) is 5.77. The van der Waals surface area contributed by atoms with E-state index in [-0.39, 0.29) is 6.67 Å². The Bertz CT molecular complexity index is 166. The zero-order valence-electron chi connectivity index (χ0n) is 10.3. The number of unbranched alkanes of at least 4 members (excludes halogenated alkanes) is 2. The molecule has 96 valence electrons. The maximum absolute atomic E-state index is 12.2. The number of hydrogen-bond acceptors (Lipinski definition) is 3. The molecule has 0 aromatic rings. The Morgan fingerprint density at radius 2 is 1.56 bits per heavy atom. The van der Waals surface area contributed by atoms with Gasteiger partial charge in [0.05, 0.1) is 0 Å². The van der Waals surface area contributed by atoms with Crippen LogP contribution < -0.4 is 5.73 Å². The van der Waals surface area contributed by atoms with Crippen LogP contribution in [0.15, 0.2) is 0 Å². The first-order valence-corrected chi connectivity index (χ1v) is 6.57. The van der Waals surface area contributed by atoms with Crippen LogP contribution >= 0.6 is 0 Å². The number of hydrogen-bond donors (Lipinski definition) is 1. The van der Waals surface area contributed by atoms with Gasteiger partial charge in [-0.25, -0.2) is 4.39 Å². The monoisotopic (exact) mass is 231 g/mol. The first-order valence-electron chi connectivity index (χ1n) is 6.57. The average Bonchev–Trinajstić information content (AvgIpc) is 2.51. The molecule has 4 heteroatoms. The van der Waals surface area contributed by atoms with Gasteiger partial charge in [0.2, 0.25) is 0 Å². The van der Waals surface area contributed by atoms with Crippen molar-refractivity contribution in [1.29, 1.82) is 0 Å². The van der Waals surface area contributed by atoms with Gasteiger partial charge in [-0.3, -0.25) is 4.90 Å². The molecule has 0 bridgehead atoms. The van der Waals surface area contributed by atoms with Crippen LogP contribution in [-0.2, 0) is 0 Å². The standard InChI is InChI=1S/C12H26FN3/c13-5-10-16-9-4-8-15(11-12-16)7-3-1-2-6-14/h1-12,14H2. The van der Waals surface area contributed by atoms with E-state index in [4.69, 9.17) is 5.73 Å². The average molecular weight is 231 g/mol. The summed E-state index contributed by atoms with van der Waals surface area (Å²) < 4.78 is 12.2. The highest BCUT2D eigenvalue weighted by Gasteiger charge is 2.13. The Morgan fingerprint density at radius 3 is 2.19 bits per heavy atom. The lowest BCUT2D eigenvalue weighted by Crippen LogP contribution is -2.32.